The van der Waals surface area contributed by atoms with Crippen LogP contribution in [0, 0.1) is 0 Å². The molecule has 1 saturated heterocycles. The van der Waals surface area contributed by atoms with Crippen LogP contribution in [0.3, 0.4) is 0 Å². The monoisotopic (exact) mass is 489 g/mol. The summed E-state index contributed by atoms with van der Waals surface area (Å²) in [4.78, 5) is 18.7. The van der Waals surface area contributed by atoms with Crippen molar-refractivity contribution in [3.8, 4) is 0 Å². The van der Waals surface area contributed by atoms with E-state index in [0.29, 0.717) is 6.54 Å². The molecule has 0 saturated carbocycles. The van der Waals surface area contributed by atoms with Crippen LogP contribution < -0.4 is 16.0 Å². The Labute approximate surface area is 179 Å². The molecule has 2 amide bonds. The number of benzene rings is 1. The fraction of sp³-hybridized carbons (Fsp3) is 0.579. The van der Waals surface area contributed by atoms with Gasteiger partial charge in [-0.1, -0.05) is 12.1 Å². The van der Waals surface area contributed by atoms with Crippen molar-refractivity contribution >= 4 is 41.7 Å². The van der Waals surface area contributed by atoms with E-state index in [1.165, 1.54) is 0 Å². The minimum absolute atomic E-state index is 0. The summed E-state index contributed by atoms with van der Waals surface area (Å²) in [6.07, 6.45) is 3.11. The van der Waals surface area contributed by atoms with Crippen LogP contribution in [0.25, 0.3) is 0 Å². The number of nitrogens with zero attached hydrogens (tertiary/aromatic N) is 2. The molecule has 2 rings (SSSR count). The Morgan fingerprint density at radius 3 is 2.74 bits per heavy atom. The molecule has 1 fully saturated rings. The van der Waals surface area contributed by atoms with E-state index in [9.17, 15) is 4.79 Å². The first-order valence-electron chi connectivity index (χ1n) is 9.39. The Bertz CT molecular complexity index is 591. The second kappa shape index (κ2) is 13.6. The number of anilines is 1. The Hall–Kier alpha value is -1.55. The van der Waals surface area contributed by atoms with Crippen LogP contribution >= 0.6 is 24.0 Å². The number of halogens is 1. The molecule has 152 valence electrons. The van der Waals surface area contributed by atoms with Crippen molar-refractivity contribution in [1.29, 1.82) is 0 Å². The highest BCUT2D eigenvalue weighted by Crippen LogP contribution is 2.14. The molecule has 0 radical (unpaired) electrons. The van der Waals surface area contributed by atoms with Crippen molar-refractivity contribution in [2.75, 3.05) is 45.2 Å². The Kier molecular flexibility index (Phi) is 11.8. The lowest BCUT2D eigenvalue weighted by molar-refractivity contribution is 0.195. The molecule has 0 unspecified atom stereocenters. The van der Waals surface area contributed by atoms with Crippen LogP contribution in [0.2, 0.25) is 0 Å². The zero-order valence-corrected chi connectivity index (χ0v) is 18.6. The normalized spacial score (nSPS) is 13.9. The Morgan fingerprint density at radius 2 is 2.04 bits per heavy atom. The van der Waals surface area contributed by atoms with Gasteiger partial charge in [0.05, 0.1) is 6.54 Å². The predicted octanol–water partition coefficient (Wildman–Crippen LogP) is 3.02. The number of aliphatic imine (C=N–C) groups is 1. The molecule has 3 N–H and O–H groups in total. The first-order chi connectivity index (χ1) is 12.7. The maximum atomic E-state index is 12.2. The lowest BCUT2D eigenvalue weighted by Gasteiger charge is -2.16. The summed E-state index contributed by atoms with van der Waals surface area (Å²) in [7, 11) is 1.70. The predicted molar refractivity (Wildman–Crippen MR) is 121 cm³/mol. The minimum Gasteiger partial charge on any atom is -0.385 e. The van der Waals surface area contributed by atoms with Crippen LogP contribution in [0.15, 0.2) is 29.3 Å². The number of urea groups is 1. The van der Waals surface area contributed by atoms with Gasteiger partial charge < -0.3 is 25.6 Å². The number of guanidine groups is 1. The van der Waals surface area contributed by atoms with Crippen molar-refractivity contribution in [3.05, 3.63) is 29.8 Å². The molecule has 1 heterocycles. The topological polar surface area (TPSA) is 78.0 Å². The number of ether oxygens (including phenoxy) is 1. The van der Waals surface area contributed by atoms with Gasteiger partial charge in [-0.3, -0.25) is 0 Å². The first kappa shape index (κ1) is 23.5. The molecular weight excluding hydrogens is 457 g/mol. The molecule has 7 nitrogen and oxygen atoms in total. The van der Waals surface area contributed by atoms with Crippen LogP contribution in [-0.2, 0) is 11.3 Å². The largest absolute Gasteiger partial charge is 0.385 e. The lowest BCUT2D eigenvalue weighted by Crippen LogP contribution is -2.38. The minimum atomic E-state index is -0.0173. The molecule has 1 aliphatic rings. The maximum absolute atomic E-state index is 12.2. The second-order valence-corrected chi connectivity index (χ2v) is 6.29. The molecule has 0 spiro atoms. The third kappa shape index (κ3) is 8.79. The average molecular weight is 489 g/mol. The van der Waals surface area contributed by atoms with Gasteiger partial charge in [-0.15, -0.1) is 24.0 Å². The first-order valence-corrected chi connectivity index (χ1v) is 9.39. The van der Waals surface area contributed by atoms with Crippen molar-refractivity contribution < 1.29 is 9.53 Å². The van der Waals surface area contributed by atoms with Gasteiger partial charge in [-0.2, -0.15) is 0 Å². The van der Waals surface area contributed by atoms with E-state index in [4.69, 9.17) is 4.74 Å². The molecule has 0 bridgehead atoms. The van der Waals surface area contributed by atoms with Gasteiger partial charge in [0.25, 0.3) is 0 Å². The average Bonchev–Trinajstić information content (AvgIpc) is 3.18. The van der Waals surface area contributed by atoms with E-state index in [0.717, 1.165) is 69.3 Å². The number of rotatable bonds is 8. The standard InChI is InChI=1S/C19H31N5O2.HI/c1-3-20-18(21-10-7-13-26-2)22-15-16-8-6-9-17(14-16)23-19(25)24-11-4-5-12-24;/h6,8-9,14H,3-5,7,10-13,15H2,1-2H3,(H,23,25)(H2,20,21,22);1H. The highest BCUT2D eigenvalue weighted by Gasteiger charge is 2.17. The molecular formula is C19H32IN5O2. The van der Waals surface area contributed by atoms with Gasteiger partial charge in [0, 0.05) is 45.6 Å². The number of carbonyl (C=O) groups is 1. The zero-order valence-electron chi connectivity index (χ0n) is 16.3. The Morgan fingerprint density at radius 1 is 1.26 bits per heavy atom. The highest BCUT2D eigenvalue weighted by molar-refractivity contribution is 14.0. The summed E-state index contributed by atoms with van der Waals surface area (Å²) in [6.45, 7) is 6.62. The quantitative estimate of drug-likeness (QED) is 0.227. The number of likely N-dealkylation sites (tertiary alicyclic amines) is 1. The van der Waals surface area contributed by atoms with E-state index >= 15 is 0 Å². The summed E-state index contributed by atoms with van der Waals surface area (Å²) < 4.78 is 5.06. The third-order valence-electron chi connectivity index (χ3n) is 4.15. The van der Waals surface area contributed by atoms with E-state index in [-0.39, 0.29) is 30.0 Å². The fourth-order valence-corrected chi connectivity index (χ4v) is 2.81. The van der Waals surface area contributed by atoms with Crippen molar-refractivity contribution in [2.45, 2.75) is 32.7 Å². The van der Waals surface area contributed by atoms with Crippen molar-refractivity contribution in [3.63, 3.8) is 0 Å². The lowest BCUT2D eigenvalue weighted by atomic mass is 10.2. The van der Waals surface area contributed by atoms with Gasteiger partial charge in [0.2, 0.25) is 0 Å². The SMILES string of the molecule is CCNC(=NCc1cccc(NC(=O)N2CCCC2)c1)NCCCOC.I. The van der Waals surface area contributed by atoms with Gasteiger partial charge >= 0.3 is 6.03 Å². The summed E-state index contributed by atoms with van der Waals surface area (Å²) in [5.74, 6) is 0.787. The summed E-state index contributed by atoms with van der Waals surface area (Å²) in [6, 6.07) is 7.84. The summed E-state index contributed by atoms with van der Waals surface area (Å²) in [5.41, 5.74) is 1.87. The number of carbonyl (C=O) groups excluding carboxylic acids is 1. The molecule has 1 aliphatic heterocycles. The van der Waals surface area contributed by atoms with Crippen LogP contribution in [0.5, 0.6) is 0 Å². The molecule has 0 atom stereocenters. The van der Waals surface area contributed by atoms with Crippen molar-refractivity contribution in [2.24, 2.45) is 4.99 Å². The van der Waals surface area contributed by atoms with Gasteiger partial charge in [0.15, 0.2) is 5.96 Å². The van der Waals surface area contributed by atoms with E-state index in [1.807, 2.05) is 36.1 Å². The van der Waals surface area contributed by atoms with Crippen molar-refractivity contribution in [1.82, 2.24) is 15.5 Å². The molecule has 0 aliphatic carbocycles. The van der Waals surface area contributed by atoms with Crippen LogP contribution in [-0.4, -0.2) is 56.8 Å². The molecule has 8 heteroatoms. The number of methoxy groups -OCH3 is 1. The van der Waals surface area contributed by atoms with Gasteiger partial charge in [-0.25, -0.2) is 9.79 Å². The number of hydrogen-bond acceptors (Lipinski definition) is 3. The van der Waals surface area contributed by atoms with Crippen LogP contribution in [0.1, 0.15) is 31.7 Å². The maximum Gasteiger partial charge on any atom is 0.321 e. The zero-order chi connectivity index (χ0) is 18.6. The summed E-state index contributed by atoms with van der Waals surface area (Å²) in [5, 5.41) is 9.51. The Balaban J connectivity index is 0.00000364. The molecule has 0 aromatic heterocycles. The van der Waals surface area contributed by atoms with E-state index in [1.54, 1.807) is 7.11 Å². The molecule has 1 aromatic rings. The number of hydrogen-bond donors (Lipinski definition) is 3. The highest BCUT2D eigenvalue weighted by atomic mass is 127. The number of nitrogens with one attached hydrogen (secondary N) is 3. The molecule has 1 aromatic carbocycles. The third-order valence-corrected chi connectivity index (χ3v) is 4.15. The molecule has 27 heavy (non-hydrogen) atoms. The fourth-order valence-electron chi connectivity index (χ4n) is 2.81. The smallest absolute Gasteiger partial charge is 0.321 e. The number of amides is 2. The van der Waals surface area contributed by atoms with Crippen LogP contribution in [0.4, 0.5) is 10.5 Å². The second-order valence-electron chi connectivity index (χ2n) is 6.29. The van der Waals surface area contributed by atoms with E-state index in [2.05, 4.69) is 20.9 Å². The van der Waals surface area contributed by atoms with Gasteiger partial charge in [-0.05, 0) is 43.9 Å². The van der Waals surface area contributed by atoms with Gasteiger partial charge in [0.1, 0.15) is 0 Å². The summed E-state index contributed by atoms with van der Waals surface area (Å²) >= 11 is 0. The van der Waals surface area contributed by atoms with E-state index < -0.39 is 0 Å².